The highest BCUT2D eigenvalue weighted by Crippen LogP contribution is 2.22. The van der Waals surface area contributed by atoms with Crippen LogP contribution < -0.4 is 10.6 Å². The van der Waals surface area contributed by atoms with Gasteiger partial charge in [0.15, 0.2) is 11.7 Å². The van der Waals surface area contributed by atoms with Gasteiger partial charge in [-0.2, -0.15) is 5.10 Å². The first kappa shape index (κ1) is 20.6. The predicted octanol–water partition coefficient (Wildman–Crippen LogP) is 3.31. The molecule has 0 radical (unpaired) electrons. The molecule has 3 aromatic rings. The van der Waals surface area contributed by atoms with Crippen LogP contribution in [0.1, 0.15) is 37.7 Å². The van der Waals surface area contributed by atoms with Crippen molar-refractivity contribution in [3.8, 4) is 11.6 Å². The molecular weight excluding hydrogens is 364 g/mol. The molecule has 0 atom stereocenters. The first-order valence-corrected chi connectivity index (χ1v) is 9.95. The second-order valence-corrected chi connectivity index (χ2v) is 7.96. The molecule has 3 rings (SSSR count). The largest absolute Gasteiger partial charge is 0.461 e. The van der Waals surface area contributed by atoms with Gasteiger partial charge in [0, 0.05) is 26.6 Å². The maximum absolute atomic E-state index is 5.31. The van der Waals surface area contributed by atoms with Gasteiger partial charge in [0.05, 0.1) is 6.26 Å². The molecule has 7 nitrogen and oxygen atoms in total. The summed E-state index contributed by atoms with van der Waals surface area (Å²) >= 11 is 0. The van der Waals surface area contributed by atoms with Crippen molar-refractivity contribution in [3.63, 3.8) is 0 Å². The molecule has 0 saturated carbocycles. The van der Waals surface area contributed by atoms with Crippen LogP contribution in [0, 0.1) is 0 Å². The average Bonchev–Trinajstić information content (AvgIpc) is 3.38. The summed E-state index contributed by atoms with van der Waals surface area (Å²) < 4.78 is 5.31. The number of aliphatic imine (C=N–C) groups is 1. The highest BCUT2D eigenvalue weighted by molar-refractivity contribution is 5.79. The van der Waals surface area contributed by atoms with E-state index in [4.69, 9.17) is 4.42 Å². The number of furan rings is 1. The first-order chi connectivity index (χ1) is 14.0. The Balaban J connectivity index is 1.39. The van der Waals surface area contributed by atoms with Crippen molar-refractivity contribution in [1.82, 2.24) is 25.8 Å². The smallest absolute Gasteiger partial charge is 0.216 e. The zero-order chi connectivity index (χ0) is 20.7. The molecule has 29 heavy (non-hydrogen) atoms. The Labute approximate surface area is 172 Å². The van der Waals surface area contributed by atoms with E-state index in [1.165, 1.54) is 11.1 Å². The van der Waals surface area contributed by atoms with Gasteiger partial charge in [0.2, 0.25) is 5.82 Å². The number of rotatable bonds is 7. The predicted molar refractivity (Wildman–Crippen MR) is 116 cm³/mol. The molecule has 7 heteroatoms. The molecule has 0 aliphatic rings. The molecule has 3 N–H and O–H groups in total. The standard InChI is InChI=1S/C22H30N6O/c1-22(2,3)17-9-7-16(8-10-17)11-13-24-21(23-4)25-14-12-19-26-20(28-27-19)18-6-5-15-29-18/h5-10,15H,11-14H2,1-4H3,(H2,23,24,25)(H,26,27,28). The Morgan fingerprint density at radius 2 is 1.79 bits per heavy atom. The summed E-state index contributed by atoms with van der Waals surface area (Å²) in [4.78, 5) is 8.72. The van der Waals surface area contributed by atoms with Crippen LogP contribution in [0.15, 0.2) is 52.1 Å². The van der Waals surface area contributed by atoms with Gasteiger partial charge in [-0.05, 0) is 35.1 Å². The number of guanidine groups is 1. The SMILES string of the molecule is CN=C(NCCc1ccc(C(C)(C)C)cc1)NCCc1nc(-c2ccco2)n[nH]1. The van der Waals surface area contributed by atoms with Crippen LogP contribution in [0.3, 0.4) is 0 Å². The van der Waals surface area contributed by atoms with E-state index in [2.05, 4.69) is 75.8 Å². The van der Waals surface area contributed by atoms with Gasteiger partial charge in [-0.15, -0.1) is 0 Å². The lowest BCUT2D eigenvalue weighted by molar-refractivity contribution is 0.577. The second kappa shape index (κ2) is 9.41. The molecule has 0 aliphatic carbocycles. The van der Waals surface area contributed by atoms with E-state index in [0.29, 0.717) is 24.6 Å². The molecule has 0 bridgehead atoms. The number of H-pyrrole nitrogens is 1. The van der Waals surface area contributed by atoms with E-state index < -0.39 is 0 Å². The molecular formula is C22H30N6O. The maximum atomic E-state index is 5.31. The Kier molecular flexibility index (Phi) is 6.69. The Hall–Kier alpha value is -3.09. The molecule has 0 fully saturated rings. The van der Waals surface area contributed by atoms with Gasteiger partial charge in [0.25, 0.3) is 0 Å². The third-order valence-electron chi connectivity index (χ3n) is 4.68. The first-order valence-electron chi connectivity index (χ1n) is 9.95. The summed E-state index contributed by atoms with van der Waals surface area (Å²) in [5, 5.41) is 13.8. The molecule has 0 aliphatic heterocycles. The number of nitrogens with one attached hydrogen (secondary N) is 3. The van der Waals surface area contributed by atoms with E-state index in [0.717, 1.165) is 24.7 Å². The van der Waals surface area contributed by atoms with Crippen LogP contribution in [0.2, 0.25) is 0 Å². The minimum Gasteiger partial charge on any atom is -0.461 e. The molecule has 154 valence electrons. The highest BCUT2D eigenvalue weighted by Gasteiger charge is 2.12. The quantitative estimate of drug-likeness (QED) is 0.422. The average molecular weight is 395 g/mol. The fraction of sp³-hybridized carbons (Fsp3) is 0.409. The molecule has 0 spiro atoms. The third-order valence-corrected chi connectivity index (χ3v) is 4.68. The van der Waals surface area contributed by atoms with Crippen molar-refractivity contribution in [2.75, 3.05) is 20.1 Å². The molecule has 0 unspecified atom stereocenters. The van der Waals surface area contributed by atoms with E-state index in [9.17, 15) is 0 Å². The zero-order valence-corrected chi connectivity index (χ0v) is 17.6. The summed E-state index contributed by atoms with van der Waals surface area (Å²) in [5.74, 6) is 2.82. The minimum absolute atomic E-state index is 0.185. The summed E-state index contributed by atoms with van der Waals surface area (Å²) in [7, 11) is 1.77. The molecule has 2 heterocycles. The molecule has 0 saturated heterocycles. The van der Waals surface area contributed by atoms with Crippen molar-refractivity contribution in [3.05, 3.63) is 59.6 Å². The fourth-order valence-electron chi connectivity index (χ4n) is 2.94. The van der Waals surface area contributed by atoms with Crippen LogP contribution in [-0.2, 0) is 18.3 Å². The third kappa shape index (κ3) is 5.94. The highest BCUT2D eigenvalue weighted by atomic mass is 16.3. The molecule has 1 aromatic carbocycles. The van der Waals surface area contributed by atoms with Crippen LogP contribution in [-0.4, -0.2) is 41.3 Å². The van der Waals surface area contributed by atoms with Crippen molar-refractivity contribution in [2.24, 2.45) is 4.99 Å². The summed E-state index contributed by atoms with van der Waals surface area (Å²) in [6.45, 7) is 8.22. The van der Waals surface area contributed by atoms with Crippen molar-refractivity contribution in [1.29, 1.82) is 0 Å². The number of benzene rings is 1. The van der Waals surface area contributed by atoms with E-state index in [1.54, 1.807) is 13.3 Å². The Morgan fingerprint density at radius 3 is 2.41 bits per heavy atom. The van der Waals surface area contributed by atoms with E-state index >= 15 is 0 Å². The second-order valence-electron chi connectivity index (χ2n) is 7.96. The van der Waals surface area contributed by atoms with E-state index in [1.807, 2.05) is 12.1 Å². The lowest BCUT2D eigenvalue weighted by Crippen LogP contribution is -2.39. The number of aromatic nitrogens is 3. The van der Waals surface area contributed by atoms with Gasteiger partial charge >= 0.3 is 0 Å². The fourth-order valence-corrected chi connectivity index (χ4v) is 2.94. The van der Waals surface area contributed by atoms with Crippen molar-refractivity contribution >= 4 is 5.96 Å². The van der Waals surface area contributed by atoms with E-state index in [-0.39, 0.29) is 5.41 Å². The van der Waals surface area contributed by atoms with Crippen LogP contribution in [0.25, 0.3) is 11.6 Å². The Bertz CT molecular complexity index is 904. The number of nitrogens with zero attached hydrogens (tertiary/aromatic N) is 3. The lowest BCUT2D eigenvalue weighted by Gasteiger charge is -2.19. The van der Waals surface area contributed by atoms with Gasteiger partial charge in [0.1, 0.15) is 5.82 Å². The van der Waals surface area contributed by atoms with Crippen molar-refractivity contribution in [2.45, 2.75) is 39.0 Å². The monoisotopic (exact) mass is 394 g/mol. The van der Waals surface area contributed by atoms with Gasteiger partial charge < -0.3 is 15.1 Å². The normalized spacial score (nSPS) is 12.2. The van der Waals surface area contributed by atoms with Crippen LogP contribution in [0.4, 0.5) is 0 Å². The number of hydrogen-bond acceptors (Lipinski definition) is 4. The zero-order valence-electron chi connectivity index (χ0n) is 17.6. The van der Waals surface area contributed by atoms with Gasteiger partial charge in [-0.25, -0.2) is 4.98 Å². The van der Waals surface area contributed by atoms with Gasteiger partial charge in [-0.3, -0.25) is 10.1 Å². The lowest BCUT2D eigenvalue weighted by atomic mass is 9.86. The number of hydrogen-bond donors (Lipinski definition) is 3. The molecule has 0 amide bonds. The Morgan fingerprint density at radius 1 is 1.07 bits per heavy atom. The van der Waals surface area contributed by atoms with Gasteiger partial charge in [-0.1, -0.05) is 45.0 Å². The summed E-state index contributed by atoms with van der Waals surface area (Å²) in [6.07, 6.45) is 3.27. The number of aromatic amines is 1. The maximum Gasteiger partial charge on any atom is 0.216 e. The van der Waals surface area contributed by atoms with Crippen LogP contribution in [0.5, 0.6) is 0 Å². The minimum atomic E-state index is 0.185. The van der Waals surface area contributed by atoms with Crippen LogP contribution >= 0.6 is 0 Å². The summed E-state index contributed by atoms with van der Waals surface area (Å²) in [6, 6.07) is 12.5. The molecule has 2 aromatic heterocycles. The topological polar surface area (TPSA) is 91.1 Å². The van der Waals surface area contributed by atoms with Crippen molar-refractivity contribution < 1.29 is 4.42 Å². The summed E-state index contributed by atoms with van der Waals surface area (Å²) in [5.41, 5.74) is 2.85.